The van der Waals surface area contributed by atoms with E-state index in [4.69, 9.17) is 15.6 Å². The van der Waals surface area contributed by atoms with Crippen LogP contribution in [0.3, 0.4) is 0 Å². The number of aliphatic hydroxyl groups is 1. The van der Waals surface area contributed by atoms with E-state index in [9.17, 15) is 14.7 Å². The number of carbonyl (C=O) groups is 1. The normalized spacial score (nSPS) is 22.7. The summed E-state index contributed by atoms with van der Waals surface area (Å²) in [4.78, 5) is 31.0. The number of aromatic nitrogens is 2. The summed E-state index contributed by atoms with van der Waals surface area (Å²) < 4.78 is 6.86. The lowest BCUT2D eigenvalue weighted by molar-refractivity contribution is -0.172. The smallest absolute Gasteiger partial charge is 0.343 e. The fraction of sp³-hybridized carbons (Fsp3) is 0.400. The molecule has 6 rings (SSSR count). The standard InChI is InChI=1S/C25H26N4O4/c1-4-25(32)16-8-19-22-14(9-29(19)23(30)15(16)10-33-24(25)31)21-17(28-26)6-5-13-12(3)11(2)7-18(27-22)20(13)21/h7-8,17,28,32H,4-6,9-10,26H2,1-3H3. The van der Waals surface area contributed by atoms with E-state index in [2.05, 4.69) is 25.3 Å². The van der Waals surface area contributed by atoms with Crippen LogP contribution in [0, 0.1) is 13.8 Å². The van der Waals surface area contributed by atoms with Gasteiger partial charge in [-0.3, -0.25) is 16.1 Å². The molecule has 0 bridgehead atoms. The predicted molar refractivity (Wildman–Crippen MR) is 122 cm³/mol. The first-order valence-corrected chi connectivity index (χ1v) is 11.4. The number of hydrogen-bond acceptors (Lipinski definition) is 7. The van der Waals surface area contributed by atoms with Crippen molar-refractivity contribution in [3.05, 3.63) is 61.4 Å². The Labute approximate surface area is 190 Å². The van der Waals surface area contributed by atoms with Crippen LogP contribution in [0.25, 0.3) is 22.3 Å². The van der Waals surface area contributed by atoms with Gasteiger partial charge >= 0.3 is 5.97 Å². The molecular weight excluding hydrogens is 420 g/mol. The Morgan fingerprint density at radius 1 is 1.27 bits per heavy atom. The molecule has 1 aliphatic carbocycles. The zero-order valence-corrected chi connectivity index (χ0v) is 18.9. The molecule has 3 aromatic rings. The monoisotopic (exact) mass is 446 g/mol. The van der Waals surface area contributed by atoms with Gasteiger partial charge in [0.05, 0.1) is 29.0 Å². The van der Waals surface area contributed by atoms with Gasteiger partial charge in [-0.05, 0) is 67.5 Å². The maximum absolute atomic E-state index is 13.5. The average Bonchev–Trinajstić information content (AvgIpc) is 3.18. The quantitative estimate of drug-likeness (QED) is 0.245. The highest BCUT2D eigenvalue weighted by molar-refractivity contribution is 5.93. The summed E-state index contributed by atoms with van der Waals surface area (Å²) >= 11 is 0. The number of rotatable bonds is 2. The molecule has 0 radical (unpaired) electrons. The minimum absolute atomic E-state index is 0.0454. The van der Waals surface area contributed by atoms with Crippen molar-refractivity contribution in [1.29, 1.82) is 0 Å². The molecule has 8 heteroatoms. The number of cyclic esters (lactones) is 1. The van der Waals surface area contributed by atoms with E-state index in [0.717, 1.165) is 34.9 Å². The fourth-order valence-corrected chi connectivity index (χ4v) is 5.90. The summed E-state index contributed by atoms with van der Waals surface area (Å²) in [5.41, 5.74) is 9.57. The minimum Gasteiger partial charge on any atom is -0.458 e. The van der Waals surface area contributed by atoms with Crippen LogP contribution in [0.5, 0.6) is 0 Å². The van der Waals surface area contributed by atoms with E-state index in [1.807, 2.05) is 0 Å². The van der Waals surface area contributed by atoms with E-state index >= 15 is 0 Å². The number of hydrazine groups is 1. The Morgan fingerprint density at radius 2 is 2.06 bits per heavy atom. The molecule has 170 valence electrons. The number of aryl methyl sites for hydroxylation is 2. The zero-order valence-electron chi connectivity index (χ0n) is 18.9. The van der Waals surface area contributed by atoms with Crippen molar-refractivity contribution >= 4 is 16.9 Å². The molecule has 0 spiro atoms. The van der Waals surface area contributed by atoms with E-state index < -0.39 is 11.6 Å². The average molecular weight is 447 g/mol. The largest absolute Gasteiger partial charge is 0.458 e. The van der Waals surface area contributed by atoms with Gasteiger partial charge in [0.25, 0.3) is 5.56 Å². The third kappa shape index (κ3) is 2.48. The van der Waals surface area contributed by atoms with Gasteiger partial charge in [-0.2, -0.15) is 0 Å². The SMILES string of the molecule is CCC1(O)C(=O)OCc2c1cc1n(c2=O)Cc2c-1nc1cc(C)c(C)c3c1c2C(NN)CC3. The van der Waals surface area contributed by atoms with E-state index in [1.54, 1.807) is 17.6 Å². The van der Waals surface area contributed by atoms with E-state index in [-0.39, 0.29) is 24.6 Å². The zero-order chi connectivity index (χ0) is 23.2. The lowest BCUT2D eigenvalue weighted by Gasteiger charge is -2.31. The number of hydrogen-bond donors (Lipinski definition) is 3. The van der Waals surface area contributed by atoms with Gasteiger partial charge in [-0.15, -0.1) is 0 Å². The summed E-state index contributed by atoms with van der Waals surface area (Å²) in [6, 6.07) is 3.81. The molecule has 4 heterocycles. The highest BCUT2D eigenvalue weighted by atomic mass is 16.6. The van der Waals surface area contributed by atoms with Gasteiger partial charge in [0.2, 0.25) is 0 Å². The van der Waals surface area contributed by atoms with Crippen LogP contribution >= 0.6 is 0 Å². The number of fused-ring (bicyclic) bond motifs is 5. The van der Waals surface area contributed by atoms with Crippen molar-refractivity contribution in [1.82, 2.24) is 15.0 Å². The Bertz CT molecular complexity index is 1460. The third-order valence-electron chi connectivity index (χ3n) is 7.90. The molecule has 0 amide bonds. The van der Waals surface area contributed by atoms with Crippen LogP contribution in [0.1, 0.15) is 64.8 Å². The van der Waals surface area contributed by atoms with Gasteiger partial charge in [-0.25, -0.2) is 9.78 Å². The molecule has 2 aromatic heterocycles. The van der Waals surface area contributed by atoms with Gasteiger partial charge in [0.15, 0.2) is 5.60 Å². The number of ether oxygens (including phenoxy) is 1. The van der Waals surface area contributed by atoms with Crippen molar-refractivity contribution in [3.8, 4) is 11.4 Å². The Kier molecular flexibility index (Phi) is 4.18. The molecule has 0 saturated carbocycles. The topological polar surface area (TPSA) is 119 Å². The summed E-state index contributed by atoms with van der Waals surface area (Å²) in [6.07, 6.45) is 1.89. The van der Waals surface area contributed by atoms with E-state index in [1.165, 1.54) is 16.7 Å². The van der Waals surface area contributed by atoms with Crippen molar-refractivity contribution < 1.29 is 14.6 Å². The molecule has 2 aliphatic heterocycles. The lowest BCUT2D eigenvalue weighted by atomic mass is 9.81. The maximum atomic E-state index is 13.5. The molecule has 0 fully saturated rings. The van der Waals surface area contributed by atoms with Gasteiger partial charge in [0.1, 0.15) is 6.61 Å². The summed E-state index contributed by atoms with van der Waals surface area (Å²) in [7, 11) is 0. The Balaban J connectivity index is 1.70. The number of pyridine rings is 2. The predicted octanol–water partition coefficient (Wildman–Crippen LogP) is 2.15. The van der Waals surface area contributed by atoms with Gasteiger partial charge in [-0.1, -0.05) is 6.92 Å². The minimum atomic E-state index is -1.83. The molecule has 0 saturated heterocycles. The Morgan fingerprint density at radius 3 is 2.79 bits per heavy atom. The molecule has 3 aliphatic rings. The van der Waals surface area contributed by atoms with Gasteiger partial charge < -0.3 is 14.4 Å². The number of esters is 1. The molecule has 2 atom stereocenters. The molecule has 1 aromatic carbocycles. The van der Waals surface area contributed by atoms with E-state index in [0.29, 0.717) is 29.1 Å². The number of nitrogens with one attached hydrogen (secondary N) is 1. The first kappa shape index (κ1) is 20.5. The molecular formula is C25H26N4O4. The lowest BCUT2D eigenvalue weighted by Crippen LogP contribution is -2.44. The first-order chi connectivity index (χ1) is 15.8. The summed E-state index contributed by atoms with van der Waals surface area (Å²) in [5, 5.41) is 12.2. The van der Waals surface area contributed by atoms with Crippen molar-refractivity contribution in [2.45, 2.75) is 64.8 Å². The first-order valence-electron chi connectivity index (χ1n) is 11.4. The fourth-order valence-electron chi connectivity index (χ4n) is 5.90. The van der Waals surface area contributed by atoms with Crippen LogP contribution in [0.2, 0.25) is 0 Å². The third-order valence-corrected chi connectivity index (χ3v) is 7.90. The van der Waals surface area contributed by atoms with Crippen LogP contribution in [-0.4, -0.2) is 20.6 Å². The molecule has 33 heavy (non-hydrogen) atoms. The summed E-state index contributed by atoms with van der Waals surface area (Å²) in [5.74, 6) is 5.26. The summed E-state index contributed by atoms with van der Waals surface area (Å²) in [6.45, 7) is 6.18. The number of benzene rings is 1. The molecule has 4 N–H and O–H groups in total. The van der Waals surface area contributed by atoms with Crippen LogP contribution in [-0.2, 0) is 34.7 Å². The number of carbonyl (C=O) groups excluding carboxylic acids is 1. The molecule has 2 unspecified atom stereocenters. The van der Waals surface area contributed by atoms with Crippen molar-refractivity contribution in [2.75, 3.05) is 0 Å². The second-order valence-corrected chi connectivity index (χ2v) is 9.40. The highest BCUT2D eigenvalue weighted by Crippen LogP contribution is 2.45. The number of nitrogens with zero attached hydrogens (tertiary/aromatic N) is 2. The second kappa shape index (κ2) is 6.72. The van der Waals surface area contributed by atoms with Crippen molar-refractivity contribution in [2.24, 2.45) is 5.84 Å². The van der Waals surface area contributed by atoms with Crippen LogP contribution in [0.15, 0.2) is 16.9 Å². The van der Waals surface area contributed by atoms with Gasteiger partial charge in [0, 0.05) is 22.6 Å². The second-order valence-electron chi connectivity index (χ2n) is 9.40. The van der Waals surface area contributed by atoms with Crippen molar-refractivity contribution in [3.63, 3.8) is 0 Å². The van der Waals surface area contributed by atoms with Crippen LogP contribution < -0.4 is 16.8 Å². The molecule has 8 nitrogen and oxygen atoms in total. The maximum Gasteiger partial charge on any atom is 0.343 e. The Hall–Kier alpha value is -3.07. The number of nitrogens with two attached hydrogens (primary N) is 1. The van der Waals surface area contributed by atoms with Crippen LogP contribution in [0.4, 0.5) is 0 Å². The highest BCUT2D eigenvalue weighted by Gasteiger charge is 2.45.